The van der Waals surface area contributed by atoms with E-state index in [0.717, 1.165) is 44.1 Å². The molecule has 124 valence electrons. The molecule has 24 heavy (non-hydrogen) atoms. The second-order valence-corrected chi connectivity index (χ2v) is 5.86. The number of aryl methyl sites for hydroxylation is 1. The Balaban J connectivity index is 1.58. The first kappa shape index (κ1) is 14.9. The molecular weight excluding hydrogens is 307 g/mol. The smallest absolute Gasteiger partial charge is 0.254 e. The molecule has 0 saturated carbocycles. The standard InChI is InChI=1S/C17H19FN6/c1-2-13-11-16(24-17(21-13)19-12-20-24)23-9-7-22(8-10-23)15-6-4-3-5-14(15)18/h3-6,11-12H,2,7-10H2,1H3. The van der Waals surface area contributed by atoms with Gasteiger partial charge in [0.05, 0.1) is 5.69 Å². The molecule has 1 fully saturated rings. The van der Waals surface area contributed by atoms with Crippen molar-refractivity contribution in [2.75, 3.05) is 36.0 Å². The summed E-state index contributed by atoms with van der Waals surface area (Å²) in [5.74, 6) is 1.46. The number of anilines is 2. The van der Waals surface area contributed by atoms with Crippen LogP contribution in [0.25, 0.3) is 5.78 Å². The van der Waals surface area contributed by atoms with E-state index in [1.807, 2.05) is 12.1 Å². The van der Waals surface area contributed by atoms with Crippen LogP contribution in [-0.4, -0.2) is 45.8 Å². The number of aromatic nitrogens is 4. The summed E-state index contributed by atoms with van der Waals surface area (Å²) in [5.41, 5.74) is 1.68. The van der Waals surface area contributed by atoms with Gasteiger partial charge in [-0.3, -0.25) is 0 Å². The fraction of sp³-hybridized carbons (Fsp3) is 0.353. The summed E-state index contributed by atoms with van der Waals surface area (Å²) in [6.45, 7) is 5.21. The van der Waals surface area contributed by atoms with Gasteiger partial charge in [-0.1, -0.05) is 19.1 Å². The van der Waals surface area contributed by atoms with Crippen LogP contribution in [0.3, 0.4) is 0 Å². The first-order chi connectivity index (χ1) is 11.8. The minimum Gasteiger partial charge on any atom is -0.366 e. The van der Waals surface area contributed by atoms with Gasteiger partial charge in [-0.2, -0.15) is 14.6 Å². The minimum absolute atomic E-state index is 0.165. The third kappa shape index (κ3) is 2.55. The zero-order valence-electron chi connectivity index (χ0n) is 13.6. The number of nitrogens with zero attached hydrogens (tertiary/aromatic N) is 6. The molecule has 1 saturated heterocycles. The first-order valence-corrected chi connectivity index (χ1v) is 8.20. The van der Waals surface area contributed by atoms with Crippen molar-refractivity contribution < 1.29 is 4.39 Å². The Hall–Kier alpha value is -2.70. The first-order valence-electron chi connectivity index (χ1n) is 8.20. The zero-order chi connectivity index (χ0) is 16.5. The Morgan fingerprint density at radius 2 is 1.83 bits per heavy atom. The van der Waals surface area contributed by atoms with Crippen LogP contribution in [0, 0.1) is 5.82 Å². The predicted molar refractivity (Wildman–Crippen MR) is 91.0 cm³/mol. The lowest BCUT2D eigenvalue weighted by Gasteiger charge is -2.37. The molecular formula is C17H19FN6. The van der Waals surface area contributed by atoms with Crippen LogP contribution in [0.2, 0.25) is 0 Å². The van der Waals surface area contributed by atoms with E-state index in [4.69, 9.17) is 0 Å². The molecule has 0 aliphatic carbocycles. The third-order valence-corrected chi connectivity index (χ3v) is 4.45. The average molecular weight is 326 g/mol. The summed E-state index contributed by atoms with van der Waals surface area (Å²) in [5, 5.41) is 4.29. The summed E-state index contributed by atoms with van der Waals surface area (Å²) in [6, 6.07) is 9.01. The molecule has 0 spiro atoms. The van der Waals surface area contributed by atoms with Crippen LogP contribution in [0.1, 0.15) is 12.6 Å². The van der Waals surface area contributed by atoms with Crippen LogP contribution >= 0.6 is 0 Å². The predicted octanol–water partition coefficient (Wildman–Crippen LogP) is 2.15. The van der Waals surface area contributed by atoms with Crippen LogP contribution in [0.4, 0.5) is 15.9 Å². The van der Waals surface area contributed by atoms with E-state index >= 15 is 0 Å². The number of benzene rings is 1. The van der Waals surface area contributed by atoms with Gasteiger partial charge >= 0.3 is 0 Å². The zero-order valence-corrected chi connectivity index (χ0v) is 13.6. The Bertz CT molecular complexity index is 853. The minimum atomic E-state index is -0.165. The molecule has 0 N–H and O–H groups in total. The molecule has 3 heterocycles. The van der Waals surface area contributed by atoms with Gasteiger partial charge in [-0.25, -0.2) is 9.37 Å². The van der Waals surface area contributed by atoms with Crippen molar-refractivity contribution in [1.82, 2.24) is 19.6 Å². The van der Waals surface area contributed by atoms with Crippen molar-refractivity contribution in [3.63, 3.8) is 0 Å². The molecule has 6 nitrogen and oxygen atoms in total. The van der Waals surface area contributed by atoms with Crippen LogP contribution in [-0.2, 0) is 6.42 Å². The number of halogens is 1. The highest BCUT2D eigenvalue weighted by Gasteiger charge is 2.22. The van der Waals surface area contributed by atoms with E-state index in [1.54, 1.807) is 10.6 Å². The molecule has 1 aliphatic rings. The van der Waals surface area contributed by atoms with Gasteiger partial charge < -0.3 is 9.80 Å². The molecule has 0 atom stereocenters. The Morgan fingerprint density at radius 3 is 2.58 bits per heavy atom. The summed E-state index contributed by atoms with van der Waals surface area (Å²) >= 11 is 0. The van der Waals surface area contributed by atoms with Gasteiger partial charge in [0.25, 0.3) is 5.78 Å². The van der Waals surface area contributed by atoms with E-state index in [0.29, 0.717) is 11.5 Å². The fourth-order valence-corrected chi connectivity index (χ4v) is 3.14. The molecule has 1 aromatic carbocycles. The monoisotopic (exact) mass is 326 g/mol. The lowest BCUT2D eigenvalue weighted by Crippen LogP contribution is -2.47. The van der Waals surface area contributed by atoms with Crippen molar-refractivity contribution in [1.29, 1.82) is 0 Å². The van der Waals surface area contributed by atoms with Gasteiger partial charge in [0.1, 0.15) is 18.0 Å². The van der Waals surface area contributed by atoms with Crippen molar-refractivity contribution in [2.24, 2.45) is 0 Å². The highest BCUT2D eigenvalue weighted by molar-refractivity contribution is 5.52. The number of rotatable bonds is 3. The maximum Gasteiger partial charge on any atom is 0.254 e. The van der Waals surface area contributed by atoms with Crippen molar-refractivity contribution in [3.05, 3.63) is 48.2 Å². The van der Waals surface area contributed by atoms with Gasteiger partial charge in [-0.05, 0) is 18.6 Å². The van der Waals surface area contributed by atoms with E-state index < -0.39 is 0 Å². The Labute approximate surface area is 139 Å². The summed E-state index contributed by atoms with van der Waals surface area (Å²) in [6.07, 6.45) is 2.38. The SMILES string of the molecule is CCc1cc(N2CCN(c3ccccc3F)CC2)n2ncnc2n1. The number of hydrogen-bond acceptors (Lipinski definition) is 5. The van der Waals surface area contributed by atoms with Crippen molar-refractivity contribution in [2.45, 2.75) is 13.3 Å². The Kier molecular flexibility index (Phi) is 3.76. The maximum atomic E-state index is 14.0. The van der Waals surface area contributed by atoms with Crippen LogP contribution in [0.15, 0.2) is 36.7 Å². The molecule has 0 unspecified atom stereocenters. The molecule has 0 radical (unpaired) electrons. The lowest BCUT2D eigenvalue weighted by molar-refractivity contribution is 0.593. The maximum absolute atomic E-state index is 14.0. The highest BCUT2D eigenvalue weighted by atomic mass is 19.1. The molecule has 4 rings (SSSR count). The summed E-state index contributed by atoms with van der Waals surface area (Å²) < 4.78 is 15.7. The van der Waals surface area contributed by atoms with Crippen LogP contribution in [0.5, 0.6) is 0 Å². The van der Waals surface area contributed by atoms with Crippen molar-refractivity contribution in [3.8, 4) is 0 Å². The topological polar surface area (TPSA) is 49.6 Å². The van der Waals surface area contributed by atoms with Gasteiger partial charge in [0, 0.05) is 37.9 Å². The number of hydrogen-bond donors (Lipinski definition) is 0. The van der Waals surface area contributed by atoms with Gasteiger partial charge in [-0.15, -0.1) is 0 Å². The molecule has 0 amide bonds. The molecule has 1 aliphatic heterocycles. The van der Waals surface area contributed by atoms with E-state index in [1.165, 1.54) is 12.4 Å². The quantitative estimate of drug-likeness (QED) is 0.738. The van der Waals surface area contributed by atoms with Crippen molar-refractivity contribution >= 4 is 17.3 Å². The summed E-state index contributed by atoms with van der Waals surface area (Å²) in [4.78, 5) is 13.1. The molecule has 2 aromatic heterocycles. The summed E-state index contributed by atoms with van der Waals surface area (Å²) in [7, 11) is 0. The number of fused-ring (bicyclic) bond motifs is 1. The molecule has 3 aromatic rings. The second-order valence-electron chi connectivity index (χ2n) is 5.86. The normalized spacial score (nSPS) is 15.2. The van der Waals surface area contributed by atoms with Gasteiger partial charge in [0.15, 0.2) is 0 Å². The van der Waals surface area contributed by atoms with Gasteiger partial charge in [0.2, 0.25) is 0 Å². The van der Waals surface area contributed by atoms with Crippen LogP contribution < -0.4 is 9.80 Å². The van der Waals surface area contributed by atoms with E-state index in [9.17, 15) is 4.39 Å². The largest absolute Gasteiger partial charge is 0.366 e. The second kappa shape index (κ2) is 6.07. The third-order valence-electron chi connectivity index (χ3n) is 4.45. The lowest BCUT2D eigenvalue weighted by atomic mass is 10.2. The Morgan fingerprint density at radius 1 is 1.08 bits per heavy atom. The average Bonchev–Trinajstić information content (AvgIpc) is 3.10. The number of piperazine rings is 1. The van der Waals surface area contributed by atoms with E-state index in [-0.39, 0.29) is 5.82 Å². The van der Waals surface area contributed by atoms with E-state index in [2.05, 4.69) is 37.9 Å². The molecule has 0 bridgehead atoms. The fourth-order valence-electron chi connectivity index (χ4n) is 3.14. The molecule has 7 heteroatoms. The number of para-hydroxylation sites is 1. The highest BCUT2D eigenvalue weighted by Crippen LogP contribution is 2.23.